The summed E-state index contributed by atoms with van der Waals surface area (Å²) in [4.78, 5) is 13.0. The van der Waals surface area contributed by atoms with Crippen LogP contribution in [0.15, 0.2) is 206 Å². The average molecular weight is 751 g/mol. The number of rotatable bonds is 5. The van der Waals surface area contributed by atoms with Gasteiger partial charge in [0.25, 0.3) is 0 Å². The van der Waals surface area contributed by atoms with Crippen molar-refractivity contribution >= 4 is 67.2 Å². The van der Waals surface area contributed by atoms with Gasteiger partial charge in [0.05, 0.1) is 22.1 Å². The molecule has 4 heterocycles. The van der Waals surface area contributed by atoms with Crippen molar-refractivity contribution in [3.8, 4) is 16.8 Å². The molecule has 6 heteroatoms. The summed E-state index contributed by atoms with van der Waals surface area (Å²) in [5.74, 6) is 1.84. The summed E-state index contributed by atoms with van der Waals surface area (Å²) >= 11 is 1.89. The number of nitrogens with one attached hydrogen (secondary N) is 1. The minimum absolute atomic E-state index is 0.0825. The van der Waals surface area contributed by atoms with Crippen molar-refractivity contribution in [2.24, 2.45) is 15.9 Å². The fraction of sp³-hybridized carbons (Fsp3) is 0.0588. The third kappa shape index (κ3) is 5.11. The summed E-state index contributed by atoms with van der Waals surface area (Å²) in [5, 5.41) is 8.48. The Hall–Kier alpha value is -6.89. The minimum atomic E-state index is -0.205. The lowest BCUT2D eigenvalue weighted by molar-refractivity contribution is 0.433. The molecule has 5 nitrogen and oxygen atoms in total. The normalized spacial score (nSPS) is 18.7. The lowest BCUT2D eigenvalue weighted by Crippen LogP contribution is -2.44. The predicted octanol–water partition coefficient (Wildman–Crippen LogP) is 12.4. The van der Waals surface area contributed by atoms with Crippen LogP contribution in [0, 0.1) is 5.92 Å². The quantitative estimate of drug-likeness (QED) is 0.191. The molecule has 1 aliphatic carbocycles. The van der Waals surface area contributed by atoms with Gasteiger partial charge in [0.2, 0.25) is 0 Å². The summed E-state index contributed by atoms with van der Waals surface area (Å²) in [6.45, 7) is 0. The molecule has 0 spiro atoms. The molecule has 2 aliphatic heterocycles. The third-order valence-electron chi connectivity index (χ3n) is 11.7. The van der Waals surface area contributed by atoms with E-state index in [0.717, 1.165) is 56.0 Å². The summed E-state index contributed by atoms with van der Waals surface area (Å²) < 4.78 is 9.09. The van der Waals surface area contributed by atoms with Gasteiger partial charge in [-0.25, -0.2) is 9.98 Å². The Balaban J connectivity index is 0.945. The second-order valence-corrected chi connectivity index (χ2v) is 16.0. The molecule has 9 aromatic rings. The van der Waals surface area contributed by atoms with Gasteiger partial charge in [-0.1, -0.05) is 157 Å². The number of aliphatic imine (C=N–C) groups is 2. The zero-order chi connectivity index (χ0) is 37.5. The van der Waals surface area contributed by atoms with Crippen LogP contribution in [-0.4, -0.2) is 22.4 Å². The number of thioether (sulfide) groups is 1. The smallest absolute Gasteiger partial charge is 0.159 e. The van der Waals surface area contributed by atoms with E-state index in [2.05, 4.69) is 168 Å². The van der Waals surface area contributed by atoms with Crippen LogP contribution in [0.25, 0.3) is 60.6 Å². The number of hydrogen-bond acceptors (Lipinski definition) is 5. The predicted molar refractivity (Wildman–Crippen MR) is 236 cm³/mol. The van der Waals surface area contributed by atoms with E-state index >= 15 is 0 Å². The van der Waals surface area contributed by atoms with Crippen molar-refractivity contribution < 1.29 is 4.42 Å². The van der Waals surface area contributed by atoms with E-state index in [1.807, 2.05) is 36.0 Å². The number of nitrogens with zero attached hydrogens (tertiary/aromatic N) is 3. The fourth-order valence-corrected chi connectivity index (χ4v) is 10.6. The number of allylic oxidation sites excluding steroid dienone is 3. The molecule has 1 N–H and O–H groups in total. The van der Waals surface area contributed by atoms with Crippen molar-refractivity contribution in [3.63, 3.8) is 0 Å². The molecule has 3 unspecified atom stereocenters. The molecule has 0 radical (unpaired) electrons. The van der Waals surface area contributed by atoms with Crippen LogP contribution in [0.4, 0.5) is 0 Å². The molecule has 270 valence electrons. The maximum absolute atomic E-state index is 6.71. The molecule has 57 heavy (non-hydrogen) atoms. The van der Waals surface area contributed by atoms with Crippen LogP contribution in [0.1, 0.15) is 22.6 Å². The van der Waals surface area contributed by atoms with E-state index in [-0.39, 0.29) is 18.0 Å². The van der Waals surface area contributed by atoms with Crippen LogP contribution >= 0.6 is 11.8 Å². The second-order valence-electron chi connectivity index (χ2n) is 14.9. The summed E-state index contributed by atoms with van der Waals surface area (Å²) in [5.41, 5.74) is 11.0. The number of hydrogen-bond donors (Lipinski definition) is 1. The first kappa shape index (κ1) is 32.4. The van der Waals surface area contributed by atoms with E-state index in [1.165, 1.54) is 42.7 Å². The van der Waals surface area contributed by atoms with Crippen LogP contribution < -0.4 is 5.32 Å². The number of fused-ring (bicyclic) bond motifs is 9. The molecule has 3 atom stereocenters. The van der Waals surface area contributed by atoms with E-state index in [9.17, 15) is 0 Å². The highest BCUT2D eigenvalue weighted by Crippen LogP contribution is 2.57. The Morgan fingerprint density at radius 1 is 0.614 bits per heavy atom. The van der Waals surface area contributed by atoms with Gasteiger partial charge < -0.3 is 14.3 Å². The third-order valence-corrected chi connectivity index (χ3v) is 13.0. The second kappa shape index (κ2) is 12.8. The van der Waals surface area contributed by atoms with Gasteiger partial charge in [-0.05, 0) is 58.0 Å². The highest BCUT2D eigenvalue weighted by atomic mass is 32.2. The Morgan fingerprint density at radius 2 is 1.33 bits per heavy atom. The molecule has 0 bridgehead atoms. The van der Waals surface area contributed by atoms with Gasteiger partial charge in [0.15, 0.2) is 5.84 Å². The summed E-state index contributed by atoms with van der Waals surface area (Å²) in [7, 11) is 0. The van der Waals surface area contributed by atoms with Gasteiger partial charge in [0.1, 0.15) is 23.2 Å². The topological polar surface area (TPSA) is 54.8 Å². The molecule has 0 saturated carbocycles. The van der Waals surface area contributed by atoms with Crippen molar-refractivity contribution in [3.05, 3.63) is 204 Å². The van der Waals surface area contributed by atoms with Crippen molar-refractivity contribution in [1.82, 2.24) is 9.88 Å². The lowest BCUT2D eigenvalue weighted by atomic mass is 9.80. The zero-order valence-corrected chi connectivity index (χ0v) is 31.5. The first-order valence-corrected chi connectivity index (χ1v) is 20.3. The highest BCUT2D eigenvalue weighted by Gasteiger charge is 2.41. The Labute approximate surface area is 333 Å². The highest BCUT2D eigenvalue weighted by molar-refractivity contribution is 8.03. The van der Waals surface area contributed by atoms with Crippen LogP contribution in [0.2, 0.25) is 0 Å². The molecule has 0 saturated heterocycles. The summed E-state index contributed by atoms with van der Waals surface area (Å²) in [6, 6.07) is 57.9. The van der Waals surface area contributed by atoms with Gasteiger partial charge in [0, 0.05) is 44.0 Å². The lowest BCUT2D eigenvalue weighted by Gasteiger charge is -2.33. The molecule has 7 aromatic carbocycles. The maximum atomic E-state index is 6.71. The van der Waals surface area contributed by atoms with E-state index < -0.39 is 0 Å². The zero-order valence-electron chi connectivity index (χ0n) is 30.7. The fourth-order valence-electron chi connectivity index (χ4n) is 9.15. The molecular weight excluding hydrogens is 717 g/mol. The summed E-state index contributed by atoms with van der Waals surface area (Å²) in [6.07, 6.45) is 6.61. The first-order valence-electron chi connectivity index (χ1n) is 19.4. The van der Waals surface area contributed by atoms with Gasteiger partial charge in [-0.15, -0.1) is 0 Å². The molecule has 2 aromatic heterocycles. The standard InChI is InChI=1S/C51H34N4OS/c1-3-14-31(15-4-1)49-52-50(32-16-5-2-6-17-32)54-51(53-49)39-22-12-27-45-46(39)38-21-11-20-34(48(38)57-45)33-28-29-37-44(30-33)56-43-26-13-25-42(47(37)43)55-40-23-9-7-18-35(40)36-19-8-10-24-41(36)55/h1-30,39,46,51H,(H,52,53,54). The van der Waals surface area contributed by atoms with Crippen LogP contribution in [-0.2, 0) is 0 Å². The number of para-hydroxylation sites is 2. The average Bonchev–Trinajstić information content (AvgIpc) is 3.96. The van der Waals surface area contributed by atoms with E-state index in [0.29, 0.717) is 0 Å². The van der Waals surface area contributed by atoms with Crippen molar-refractivity contribution in [2.45, 2.75) is 17.0 Å². The molecular formula is C51H34N4OS. The number of benzene rings is 7. The maximum Gasteiger partial charge on any atom is 0.159 e. The molecule has 0 fully saturated rings. The van der Waals surface area contributed by atoms with Crippen LogP contribution in [0.5, 0.6) is 0 Å². The number of aromatic nitrogens is 1. The minimum Gasteiger partial charge on any atom is -0.456 e. The SMILES string of the molecule is C1=CC(C2N=C(c3ccccc3)N=C(c3ccccc3)N2)C2C(=C1)Sc1c(-c3ccc4c(c3)oc3cccc(-n5c6ccccc6c6ccccc65)c34)cccc12. The monoisotopic (exact) mass is 750 g/mol. The van der Waals surface area contributed by atoms with Crippen LogP contribution in [0.3, 0.4) is 0 Å². The van der Waals surface area contributed by atoms with Crippen molar-refractivity contribution in [1.29, 1.82) is 0 Å². The first-order chi connectivity index (χ1) is 28.3. The van der Waals surface area contributed by atoms with Crippen molar-refractivity contribution in [2.75, 3.05) is 0 Å². The number of furan rings is 1. The Morgan fingerprint density at radius 3 is 2.12 bits per heavy atom. The largest absolute Gasteiger partial charge is 0.456 e. The van der Waals surface area contributed by atoms with E-state index in [1.54, 1.807) is 0 Å². The van der Waals surface area contributed by atoms with Gasteiger partial charge >= 0.3 is 0 Å². The van der Waals surface area contributed by atoms with Gasteiger partial charge in [-0.3, -0.25) is 0 Å². The molecule has 12 rings (SSSR count). The molecule has 3 aliphatic rings. The van der Waals surface area contributed by atoms with Gasteiger partial charge in [-0.2, -0.15) is 0 Å². The number of amidine groups is 2. The Bertz CT molecular complexity index is 3150. The molecule has 0 amide bonds. The Kier molecular flexibility index (Phi) is 7.29. The van der Waals surface area contributed by atoms with E-state index in [4.69, 9.17) is 14.4 Å².